The Kier molecular flexibility index (Phi) is 8.11. The van der Waals surface area contributed by atoms with Gasteiger partial charge in [0.25, 0.3) is 5.91 Å². The molecule has 10 heteroatoms. The zero-order valence-corrected chi connectivity index (χ0v) is 19.1. The van der Waals surface area contributed by atoms with Crippen molar-refractivity contribution in [1.29, 1.82) is 0 Å². The summed E-state index contributed by atoms with van der Waals surface area (Å²) < 4.78 is 25.4. The van der Waals surface area contributed by atoms with Crippen LogP contribution in [-0.2, 0) is 14.8 Å². The molecule has 2 aromatic carbocycles. The van der Waals surface area contributed by atoms with Crippen LogP contribution < -0.4 is 14.9 Å². The topological polar surface area (TPSA) is 95.6 Å². The van der Waals surface area contributed by atoms with E-state index in [2.05, 4.69) is 10.6 Å². The number of carbonyl (C=O) groups is 2. The van der Waals surface area contributed by atoms with Crippen LogP contribution in [0, 0.1) is 0 Å². The first-order chi connectivity index (χ1) is 14.0. The van der Waals surface area contributed by atoms with E-state index in [0.717, 1.165) is 17.0 Å². The minimum absolute atomic E-state index is 0.0333. The van der Waals surface area contributed by atoms with E-state index in [1.807, 2.05) is 13.8 Å². The number of amides is 2. The van der Waals surface area contributed by atoms with Gasteiger partial charge in [-0.05, 0) is 43.7 Å². The van der Waals surface area contributed by atoms with Crippen LogP contribution in [0.15, 0.2) is 42.5 Å². The fraction of sp³-hybridized carbons (Fsp3) is 0.300. The summed E-state index contributed by atoms with van der Waals surface area (Å²) in [6.07, 6.45) is 1.73. The number of anilines is 2. The molecule has 1 atom stereocenters. The number of halogens is 2. The predicted octanol–water partition coefficient (Wildman–Crippen LogP) is 3.93. The van der Waals surface area contributed by atoms with Crippen LogP contribution in [0.25, 0.3) is 0 Å². The Bertz CT molecular complexity index is 1040. The van der Waals surface area contributed by atoms with Crippen LogP contribution >= 0.6 is 23.2 Å². The van der Waals surface area contributed by atoms with E-state index in [1.54, 1.807) is 24.3 Å². The summed E-state index contributed by atoms with van der Waals surface area (Å²) in [6.45, 7) is 3.29. The largest absolute Gasteiger partial charge is 0.350 e. The van der Waals surface area contributed by atoms with Crippen molar-refractivity contribution in [2.45, 2.75) is 26.3 Å². The number of para-hydroxylation sites is 1. The normalized spacial score (nSPS) is 12.2. The van der Waals surface area contributed by atoms with Crippen LogP contribution in [-0.4, -0.2) is 39.1 Å². The average Bonchev–Trinajstić information content (AvgIpc) is 2.66. The SMILES string of the molecule is CC[C@@H](C)NC(=O)c1ccccc1NC(=O)CN(c1ccc(Cl)cc1Cl)S(C)(=O)=O. The first-order valence-corrected chi connectivity index (χ1v) is 11.8. The van der Waals surface area contributed by atoms with Crippen molar-refractivity contribution >= 4 is 56.4 Å². The van der Waals surface area contributed by atoms with Crippen molar-refractivity contribution in [2.75, 3.05) is 22.4 Å². The Labute approximate surface area is 186 Å². The third-order valence-electron chi connectivity index (χ3n) is 4.30. The van der Waals surface area contributed by atoms with Crippen molar-refractivity contribution < 1.29 is 18.0 Å². The molecule has 0 bridgehead atoms. The molecule has 0 unspecified atom stereocenters. The molecule has 0 heterocycles. The molecule has 30 heavy (non-hydrogen) atoms. The Morgan fingerprint density at radius 1 is 1.13 bits per heavy atom. The van der Waals surface area contributed by atoms with Crippen LogP contribution in [0.4, 0.5) is 11.4 Å². The Hall–Kier alpha value is -2.29. The lowest BCUT2D eigenvalue weighted by Crippen LogP contribution is -2.38. The number of rotatable bonds is 8. The molecular weight excluding hydrogens is 449 g/mol. The third kappa shape index (κ3) is 6.35. The molecule has 0 aromatic heterocycles. The van der Waals surface area contributed by atoms with Gasteiger partial charge in [-0.1, -0.05) is 42.3 Å². The van der Waals surface area contributed by atoms with Gasteiger partial charge in [0.2, 0.25) is 15.9 Å². The van der Waals surface area contributed by atoms with Crippen LogP contribution in [0.3, 0.4) is 0 Å². The highest BCUT2D eigenvalue weighted by molar-refractivity contribution is 7.92. The average molecular weight is 472 g/mol. The van der Waals surface area contributed by atoms with Gasteiger partial charge in [0, 0.05) is 11.1 Å². The monoisotopic (exact) mass is 471 g/mol. The van der Waals surface area contributed by atoms with Gasteiger partial charge < -0.3 is 10.6 Å². The summed E-state index contributed by atoms with van der Waals surface area (Å²) in [5.74, 6) is -0.962. The van der Waals surface area contributed by atoms with Gasteiger partial charge in [-0.25, -0.2) is 8.42 Å². The van der Waals surface area contributed by atoms with Crippen molar-refractivity contribution in [1.82, 2.24) is 5.32 Å². The molecule has 0 fully saturated rings. The zero-order valence-electron chi connectivity index (χ0n) is 16.8. The molecule has 0 spiro atoms. The van der Waals surface area contributed by atoms with Gasteiger partial charge in [0.1, 0.15) is 6.54 Å². The standard InChI is InChI=1S/C20H23Cl2N3O4S/c1-4-13(2)23-20(27)15-7-5-6-8-17(15)24-19(26)12-25(30(3,28)29)18-10-9-14(21)11-16(18)22/h5-11,13H,4,12H2,1-3H3,(H,23,27)(H,24,26)/t13-/m1/s1. The van der Waals surface area contributed by atoms with E-state index >= 15 is 0 Å². The van der Waals surface area contributed by atoms with Crippen molar-refractivity contribution in [3.05, 3.63) is 58.1 Å². The van der Waals surface area contributed by atoms with E-state index in [0.29, 0.717) is 5.02 Å². The quantitative estimate of drug-likeness (QED) is 0.609. The summed E-state index contributed by atoms with van der Waals surface area (Å²) in [5, 5.41) is 5.88. The summed E-state index contributed by atoms with van der Waals surface area (Å²) in [4.78, 5) is 25.2. The molecule has 2 aromatic rings. The lowest BCUT2D eigenvalue weighted by Gasteiger charge is -2.23. The molecule has 2 rings (SSSR count). The molecule has 0 aliphatic rings. The van der Waals surface area contributed by atoms with Gasteiger partial charge in [-0.3, -0.25) is 13.9 Å². The first-order valence-electron chi connectivity index (χ1n) is 9.15. The first kappa shape index (κ1) is 24.0. The second-order valence-corrected chi connectivity index (χ2v) is 9.49. The van der Waals surface area contributed by atoms with Crippen LogP contribution in [0.1, 0.15) is 30.6 Å². The maximum Gasteiger partial charge on any atom is 0.253 e. The van der Waals surface area contributed by atoms with Crippen molar-refractivity contribution in [3.8, 4) is 0 Å². The molecular formula is C20H23Cl2N3O4S. The van der Waals surface area contributed by atoms with Gasteiger partial charge in [0.05, 0.1) is 28.2 Å². The van der Waals surface area contributed by atoms with Gasteiger partial charge in [-0.2, -0.15) is 0 Å². The summed E-state index contributed by atoms with van der Waals surface area (Å²) in [6, 6.07) is 10.8. The number of hydrogen-bond acceptors (Lipinski definition) is 4. The molecule has 0 radical (unpaired) electrons. The molecule has 0 aliphatic heterocycles. The third-order valence-corrected chi connectivity index (χ3v) is 5.97. The number of benzene rings is 2. The Balaban J connectivity index is 2.26. The highest BCUT2D eigenvalue weighted by Crippen LogP contribution is 2.30. The minimum atomic E-state index is -3.82. The number of hydrogen-bond donors (Lipinski definition) is 2. The maximum absolute atomic E-state index is 12.7. The van der Waals surface area contributed by atoms with Crippen LogP contribution in [0.5, 0.6) is 0 Å². The van der Waals surface area contributed by atoms with Gasteiger partial charge in [0.15, 0.2) is 0 Å². The molecule has 2 N–H and O–H groups in total. The zero-order chi connectivity index (χ0) is 22.5. The van der Waals surface area contributed by atoms with Gasteiger partial charge >= 0.3 is 0 Å². The Morgan fingerprint density at radius 3 is 2.40 bits per heavy atom. The summed E-state index contributed by atoms with van der Waals surface area (Å²) in [7, 11) is -3.82. The maximum atomic E-state index is 12.7. The fourth-order valence-corrected chi connectivity index (χ4v) is 4.01. The molecule has 0 saturated carbocycles. The Morgan fingerprint density at radius 2 is 1.80 bits per heavy atom. The van der Waals surface area contributed by atoms with E-state index in [4.69, 9.17) is 23.2 Å². The smallest absolute Gasteiger partial charge is 0.253 e. The number of nitrogens with one attached hydrogen (secondary N) is 2. The number of sulfonamides is 1. The number of nitrogens with zero attached hydrogens (tertiary/aromatic N) is 1. The highest BCUT2D eigenvalue weighted by atomic mass is 35.5. The van der Waals surface area contributed by atoms with E-state index < -0.39 is 22.5 Å². The summed E-state index contributed by atoms with van der Waals surface area (Å²) in [5.41, 5.74) is 0.682. The second kappa shape index (κ2) is 10.1. The van der Waals surface area contributed by atoms with E-state index in [9.17, 15) is 18.0 Å². The minimum Gasteiger partial charge on any atom is -0.350 e. The second-order valence-electron chi connectivity index (χ2n) is 6.74. The number of carbonyl (C=O) groups excluding carboxylic acids is 2. The van der Waals surface area contributed by atoms with Gasteiger partial charge in [-0.15, -0.1) is 0 Å². The van der Waals surface area contributed by atoms with Crippen molar-refractivity contribution in [2.24, 2.45) is 0 Å². The predicted molar refractivity (Wildman–Crippen MR) is 121 cm³/mol. The molecule has 162 valence electrons. The lowest BCUT2D eigenvalue weighted by atomic mass is 10.1. The summed E-state index contributed by atoms with van der Waals surface area (Å²) >= 11 is 12.0. The molecule has 2 amide bonds. The molecule has 0 saturated heterocycles. The van der Waals surface area contributed by atoms with Crippen molar-refractivity contribution in [3.63, 3.8) is 0 Å². The lowest BCUT2D eigenvalue weighted by molar-refractivity contribution is -0.114. The van der Waals surface area contributed by atoms with Crippen LogP contribution in [0.2, 0.25) is 10.0 Å². The molecule has 0 aliphatic carbocycles. The fourth-order valence-electron chi connectivity index (χ4n) is 2.58. The van der Waals surface area contributed by atoms with E-state index in [1.165, 1.54) is 18.2 Å². The highest BCUT2D eigenvalue weighted by Gasteiger charge is 2.24. The molecule has 7 nitrogen and oxygen atoms in total. The van der Waals surface area contributed by atoms with E-state index in [-0.39, 0.29) is 33.9 Å².